The van der Waals surface area contributed by atoms with Gasteiger partial charge in [0, 0.05) is 16.5 Å². The molecule has 2 aromatic carbocycles. The first-order chi connectivity index (χ1) is 13.5. The molecule has 1 N–H and O–H groups in total. The zero-order valence-corrected chi connectivity index (χ0v) is 18.5. The van der Waals surface area contributed by atoms with Gasteiger partial charge in [-0.1, -0.05) is 64.7 Å². The minimum atomic E-state index is -0.104. The van der Waals surface area contributed by atoms with Crippen LogP contribution in [-0.4, -0.2) is 29.0 Å². The normalized spacial score (nSPS) is 10.7. The third-order valence-corrected chi connectivity index (χ3v) is 7.36. The molecule has 0 saturated carbocycles. The smallest absolute Gasteiger partial charge is 0.234 e. The molecule has 0 saturated heterocycles. The Bertz CT molecular complexity index is 948. The highest BCUT2D eigenvalue weighted by Gasteiger charge is 2.10. The number of ether oxygens (including phenoxy) is 1. The Kier molecular flexibility index (Phi) is 7.61. The molecule has 1 heterocycles. The summed E-state index contributed by atoms with van der Waals surface area (Å²) >= 11 is 10.6. The molecule has 1 amide bonds. The van der Waals surface area contributed by atoms with Crippen molar-refractivity contribution < 1.29 is 9.53 Å². The second kappa shape index (κ2) is 10.2. The lowest BCUT2D eigenvalue weighted by Crippen LogP contribution is -2.13. The van der Waals surface area contributed by atoms with Crippen molar-refractivity contribution in [3.05, 3.63) is 58.6 Å². The molecule has 0 aliphatic heterocycles. The van der Waals surface area contributed by atoms with Gasteiger partial charge in [-0.3, -0.25) is 4.79 Å². The molecule has 0 aliphatic rings. The SMILES string of the molecule is COc1ccc(CSc2nnc(SCC(=O)Nc3ccc(C)c(Cl)c3)s2)cc1. The number of nitrogens with one attached hydrogen (secondary N) is 1. The highest BCUT2D eigenvalue weighted by molar-refractivity contribution is 8.03. The standard InChI is InChI=1S/C19H18ClN3O2S3/c1-12-3-6-14(9-16(12)20)21-17(24)11-27-19-23-22-18(28-19)26-10-13-4-7-15(25-2)8-5-13/h3-9H,10-11H2,1-2H3,(H,21,24). The van der Waals surface area contributed by atoms with Crippen LogP contribution in [0.15, 0.2) is 51.1 Å². The second-order valence-electron chi connectivity index (χ2n) is 5.77. The number of carbonyl (C=O) groups excluding carboxylic acids is 1. The first-order valence-corrected chi connectivity index (χ1v) is 11.5. The van der Waals surface area contributed by atoms with Gasteiger partial charge in [0.25, 0.3) is 0 Å². The Morgan fingerprint density at radius 3 is 2.54 bits per heavy atom. The minimum absolute atomic E-state index is 0.104. The molecule has 0 fully saturated rings. The maximum Gasteiger partial charge on any atom is 0.234 e. The van der Waals surface area contributed by atoms with Gasteiger partial charge in [-0.25, -0.2) is 0 Å². The van der Waals surface area contributed by atoms with Crippen LogP contribution in [0.4, 0.5) is 5.69 Å². The number of aryl methyl sites for hydroxylation is 1. The molecular weight excluding hydrogens is 434 g/mol. The molecule has 9 heteroatoms. The molecule has 5 nitrogen and oxygen atoms in total. The Balaban J connectivity index is 1.45. The van der Waals surface area contributed by atoms with Crippen LogP contribution in [0.1, 0.15) is 11.1 Å². The van der Waals surface area contributed by atoms with Crippen molar-refractivity contribution in [2.45, 2.75) is 21.4 Å². The highest BCUT2D eigenvalue weighted by Crippen LogP contribution is 2.31. The van der Waals surface area contributed by atoms with Crippen molar-refractivity contribution in [3.63, 3.8) is 0 Å². The van der Waals surface area contributed by atoms with E-state index in [-0.39, 0.29) is 11.7 Å². The highest BCUT2D eigenvalue weighted by atomic mass is 35.5. The van der Waals surface area contributed by atoms with E-state index in [9.17, 15) is 4.79 Å². The summed E-state index contributed by atoms with van der Waals surface area (Å²) in [6.07, 6.45) is 0. The van der Waals surface area contributed by atoms with Gasteiger partial charge < -0.3 is 10.1 Å². The molecule has 0 bridgehead atoms. The van der Waals surface area contributed by atoms with Crippen LogP contribution >= 0.6 is 46.5 Å². The molecule has 3 aromatic rings. The summed E-state index contributed by atoms with van der Waals surface area (Å²) in [4.78, 5) is 12.1. The van der Waals surface area contributed by atoms with Crippen LogP contribution in [0.25, 0.3) is 0 Å². The fourth-order valence-electron chi connectivity index (χ4n) is 2.18. The predicted octanol–water partition coefficient (Wildman–Crippen LogP) is 5.53. The van der Waals surface area contributed by atoms with Gasteiger partial charge in [-0.2, -0.15) is 0 Å². The van der Waals surface area contributed by atoms with Crippen LogP contribution < -0.4 is 10.1 Å². The number of halogens is 1. The summed E-state index contributed by atoms with van der Waals surface area (Å²) in [6, 6.07) is 13.4. The lowest BCUT2D eigenvalue weighted by atomic mass is 10.2. The van der Waals surface area contributed by atoms with Gasteiger partial charge in [-0.05, 0) is 42.3 Å². The van der Waals surface area contributed by atoms with Crippen molar-refractivity contribution in [2.75, 3.05) is 18.2 Å². The molecule has 0 radical (unpaired) electrons. The van der Waals surface area contributed by atoms with Gasteiger partial charge in [0.05, 0.1) is 12.9 Å². The third kappa shape index (κ3) is 6.13. The number of rotatable bonds is 8. The van der Waals surface area contributed by atoms with E-state index in [4.69, 9.17) is 16.3 Å². The van der Waals surface area contributed by atoms with E-state index >= 15 is 0 Å². The van der Waals surface area contributed by atoms with Gasteiger partial charge in [-0.15, -0.1) is 10.2 Å². The Morgan fingerprint density at radius 2 is 1.86 bits per heavy atom. The van der Waals surface area contributed by atoms with E-state index in [1.807, 2.05) is 43.3 Å². The van der Waals surface area contributed by atoms with E-state index in [0.29, 0.717) is 10.7 Å². The van der Waals surface area contributed by atoms with Crippen LogP contribution in [0.5, 0.6) is 5.75 Å². The summed E-state index contributed by atoms with van der Waals surface area (Å²) in [5.41, 5.74) is 2.85. The zero-order valence-electron chi connectivity index (χ0n) is 15.3. The molecule has 0 spiro atoms. The van der Waals surface area contributed by atoms with Crippen LogP contribution in [0, 0.1) is 6.92 Å². The Morgan fingerprint density at radius 1 is 1.14 bits per heavy atom. The molecule has 146 valence electrons. The number of methoxy groups -OCH3 is 1. The third-order valence-electron chi connectivity index (χ3n) is 3.69. The van der Waals surface area contributed by atoms with Gasteiger partial charge in [0.1, 0.15) is 5.75 Å². The van der Waals surface area contributed by atoms with Crippen molar-refractivity contribution in [2.24, 2.45) is 0 Å². The van der Waals surface area contributed by atoms with Crippen LogP contribution in [0.3, 0.4) is 0 Å². The lowest BCUT2D eigenvalue weighted by molar-refractivity contribution is -0.113. The monoisotopic (exact) mass is 451 g/mol. The number of aromatic nitrogens is 2. The number of benzene rings is 2. The second-order valence-corrected chi connectivity index (χ2v) is 9.60. The number of hydrogen-bond donors (Lipinski definition) is 1. The molecule has 0 unspecified atom stereocenters. The van der Waals surface area contributed by atoms with Gasteiger partial charge in [0.15, 0.2) is 8.68 Å². The van der Waals surface area contributed by atoms with Crippen molar-refractivity contribution >= 4 is 58.1 Å². The zero-order chi connectivity index (χ0) is 19.9. The van der Waals surface area contributed by atoms with Crippen molar-refractivity contribution in [1.29, 1.82) is 0 Å². The fourth-order valence-corrected chi connectivity index (χ4v) is 5.13. The lowest BCUT2D eigenvalue weighted by Gasteiger charge is -2.05. The summed E-state index contributed by atoms with van der Waals surface area (Å²) < 4.78 is 6.81. The first-order valence-electron chi connectivity index (χ1n) is 8.31. The number of amides is 1. The van der Waals surface area contributed by atoms with Gasteiger partial charge >= 0.3 is 0 Å². The summed E-state index contributed by atoms with van der Waals surface area (Å²) in [7, 11) is 1.65. The molecule has 1 aromatic heterocycles. The van der Waals surface area contributed by atoms with E-state index in [1.54, 1.807) is 24.9 Å². The van der Waals surface area contributed by atoms with E-state index in [2.05, 4.69) is 15.5 Å². The number of hydrogen-bond acceptors (Lipinski definition) is 7. The molecular formula is C19H18ClN3O2S3. The van der Waals surface area contributed by atoms with E-state index in [1.165, 1.54) is 28.7 Å². The summed E-state index contributed by atoms with van der Waals surface area (Å²) in [5, 5.41) is 11.8. The number of thioether (sulfide) groups is 2. The maximum atomic E-state index is 12.1. The van der Waals surface area contributed by atoms with Crippen LogP contribution in [-0.2, 0) is 10.5 Å². The van der Waals surface area contributed by atoms with E-state index in [0.717, 1.165) is 25.7 Å². The fraction of sp³-hybridized carbons (Fsp3) is 0.211. The van der Waals surface area contributed by atoms with Crippen molar-refractivity contribution in [1.82, 2.24) is 10.2 Å². The Hall–Kier alpha value is -1.74. The summed E-state index contributed by atoms with van der Waals surface area (Å²) in [6.45, 7) is 1.92. The minimum Gasteiger partial charge on any atom is -0.497 e. The predicted molar refractivity (Wildman–Crippen MR) is 118 cm³/mol. The van der Waals surface area contributed by atoms with E-state index < -0.39 is 0 Å². The Labute approximate surface area is 181 Å². The molecule has 3 rings (SSSR count). The largest absolute Gasteiger partial charge is 0.497 e. The molecule has 0 atom stereocenters. The molecule has 28 heavy (non-hydrogen) atoms. The quantitative estimate of drug-likeness (QED) is 0.454. The number of carbonyl (C=O) groups is 1. The topological polar surface area (TPSA) is 64.1 Å². The van der Waals surface area contributed by atoms with Gasteiger partial charge in [0.2, 0.25) is 5.91 Å². The van der Waals surface area contributed by atoms with Crippen molar-refractivity contribution in [3.8, 4) is 5.75 Å². The van der Waals surface area contributed by atoms with Crippen LogP contribution in [0.2, 0.25) is 5.02 Å². The maximum absolute atomic E-state index is 12.1. The number of anilines is 1. The first kappa shape index (κ1) is 21.0. The average Bonchev–Trinajstić information content (AvgIpc) is 3.16. The molecule has 0 aliphatic carbocycles. The average molecular weight is 452 g/mol. The number of nitrogens with zero attached hydrogens (tertiary/aromatic N) is 2. The summed E-state index contributed by atoms with van der Waals surface area (Å²) in [5.74, 6) is 1.81.